The second-order valence-electron chi connectivity index (χ2n) is 9.98. The number of hydrogen-bond acceptors (Lipinski definition) is 7. The van der Waals surface area contributed by atoms with Crippen molar-refractivity contribution in [2.75, 3.05) is 17.3 Å². The molecule has 210 valence electrons. The Labute approximate surface area is 242 Å². The van der Waals surface area contributed by atoms with Crippen molar-refractivity contribution in [3.8, 4) is 17.1 Å². The Bertz CT molecular complexity index is 1620. The van der Waals surface area contributed by atoms with Crippen LogP contribution in [0.15, 0.2) is 77.3 Å². The van der Waals surface area contributed by atoms with Crippen molar-refractivity contribution in [1.82, 2.24) is 10.3 Å². The fourth-order valence-electron chi connectivity index (χ4n) is 4.79. The maximum absolute atomic E-state index is 12.3. The monoisotopic (exact) mass is 571 g/mol. The highest BCUT2D eigenvalue weighted by atomic mass is 32.1. The van der Waals surface area contributed by atoms with Gasteiger partial charge in [-0.3, -0.25) is 19.9 Å². The van der Waals surface area contributed by atoms with Gasteiger partial charge in [-0.2, -0.15) is 0 Å². The number of nitro benzene ring substituents is 1. The maximum Gasteiger partial charge on any atom is 0.273 e. The smallest absolute Gasteiger partial charge is 0.273 e. The van der Waals surface area contributed by atoms with Crippen molar-refractivity contribution in [3.63, 3.8) is 0 Å². The van der Waals surface area contributed by atoms with E-state index < -0.39 is 11.0 Å². The summed E-state index contributed by atoms with van der Waals surface area (Å²) in [5.74, 6) is 1.23. The highest BCUT2D eigenvalue weighted by molar-refractivity contribution is 7.80. The van der Waals surface area contributed by atoms with Gasteiger partial charge in [0.2, 0.25) is 5.91 Å². The molecule has 0 spiro atoms. The van der Waals surface area contributed by atoms with E-state index in [1.807, 2.05) is 74.2 Å². The number of anilines is 2. The van der Waals surface area contributed by atoms with Crippen LogP contribution in [0.5, 0.6) is 5.75 Å². The van der Waals surface area contributed by atoms with Crippen molar-refractivity contribution in [2.45, 2.75) is 32.9 Å². The third-order valence-corrected chi connectivity index (χ3v) is 7.26. The molecule has 1 saturated heterocycles. The molecule has 11 heteroatoms. The summed E-state index contributed by atoms with van der Waals surface area (Å²) < 4.78 is 11.8. The molecule has 2 atom stereocenters. The Morgan fingerprint density at radius 1 is 1.17 bits per heavy atom. The van der Waals surface area contributed by atoms with Crippen molar-refractivity contribution < 1.29 is 18.9 Å². The summed E-state index contributed by atoms with van der Waals surface area (Å²) in [4.78, 5) is 29.7. The van der Waals surface area contributed by atoms with Gasteiger partial charge in [0.1, 0.15) is 23.3 Å². The number of ether oxygens (including phenoxy) is 1. The lowest BCUT2D eigenvalue weighted by atomic mass is 10.0. The van der Waals surface area contributed by atoms with E-state index in [4.69, 9.17) is 21.4 Å². The van der Waals surface area contributed by atoms with E-state index >= 15 is 0 Å². The minimum atomic E-state index is -0.470. The number of hydrogen-bond donors (Lipinski definition) is 2. The van der Waals surface area contributed by atoms with Crippen LogP contribution in [-0.4, -0.2) is 28.0 Å². The van der Waals surface area contributed by atoms with Gasteiger partial charge in [-0.05, 0) is 73.2 Å². The number of amides is 1. The van der Waals surface area contributed by atoms with Crippen molar-refractivity contribution >= 4 is 40.3 Å². The number of non-ortho nitro benzene ring substituents is 1. The Balaban J connectivity index is 1.56. The number of pyridine rings is 1. The normalized spacial score (nSPS) is 16.5. The first-order valence-electron chi connectivity index (χ1n) is 13.0. The number of furan rings is 1. The van der Waals surface area contributed by atoms with Crippen molar-refractivity contribution in [1.29, 1.82) is 0 Å². The first-order chi connectivity index (χ1) is 19.7. The zero-order valence-electron chi connectivity index (χ0n) is 23.0. The number of nitrogens with zero attached hydrogens (tertiary/aromatic N) is 3. The van der Waals surface area contributed by atoms with Crippen LogP contribution in [0.3, 0.4) is 0 Å². The lowest BCUT2D eigenvalue weighted by molar-refractivity contribution is -0.384. The predicted octanol–water partition coefficient (Wildman–Crippen LogP) is 6.34. The van der Waals surface area contributed by atoms with Crippen LogP contribution in [0.2, 0.25) is 0 Å². The highest BCUT2D eigenvalue weighted by Gasteiger charge is 2.42. The topological polar surface area (TPSA) is 123 Å². The van der Waals surface area contributed by atoms with Crippen LogP contribution in [0, 0.1) is 23.0 Å². The van der Waals surface area contributed by atoms with Crippen LogP contribution in [0.4, 0.5) is 17.1 Å². The Morgan fingerprint density at radius 3 is 2.63 bits per heavy atom. The molecule has 1 aliphatic rings. The molecule has 0 aliphatic carbocycles. The van der Waals surface area contributed by atoms with Crippen LogP contribution in [0.1, 0.15) is 42.9 Å². The van der Waals surface area contributed by atoms with Gasteiger partial charge in [-0.25, -0.2) is 0 Å². The summed E-state index contributed by atoms with van der Waals surface area (Å²) in [6.07, 6.45) is 1.73. The van der Waals surface area contributed by atoms with Crippen LogP contribution in [0.25, 0.3) is 11.3 Å². The Morgan fingerprint density at radius 2 is 1.98 bits per heavy atom. The number of aryl methyl sites for hydroxylation is 1. The highest BCUT2D eigenvalue weighted by Crippen LogP contribution is 2.44. The average molecular weight is 572 g/mol. The second kappa shape index (κ2) is 11.4. The average Bonchev–Trinajstić information content (AvgIpc) is 3.58. The van der Waals surface area contributed by atoms with E-state index in [2.05, 4.69) is 15.6 Å². The zero-order chi connectivity index (χ0) is 29.3. The fourth-order valence-corrected chi connectivity index (χ4v) is 5.14. The molecule has 10 nitrogen and oxygen atoms in total. The molecule has 5 rings (SSSR count). The van der Waals surface area contributed by atoms with Gasteiger partial charge in [-0.15, -0.1) is 0 Å². The molecule has 0 radical (unpaired) electrons. The van der Waals surface area contributed by atoms with Crippen molar-refractivity contribution in [2.24, 2.45) is 5.92 Å². The summed E-state index contributed by atoms with van der Waals surface area (Å²) in [6.45, 7) is 5.63. The van der Waals surface area contributed by atoms with Gasteiger partial charge in [0.05, 0.1) is 35.4 Å². The van der Waals surface area contributed by atoms with Gasteiger partial charge in [0, 0.05) is 29.6 Å². The first-order valence-corrected chi connectivity index (χ1v) is 13.4. The quantitative estimate of drug-likeness (QED) is 0.142. The zero-order valence-corrected chi connectivity index (χ0v) is 23.8. The van der Waals surface area contributed by atoms with E-state index in [0.717, 1.165) is 22.6 Å². The molecule has 2 aromatic heterocycles. The number of rotatable bonds is 8. The minimum Gasteiger partial charge on any atom is -0.496 e. The number of carbonyl (C=O) groups is 1. The Kier molecular flexibility index (Phi) is 7.71. The standard InChI is InChI=1S/C30H29N5O5S/c1-17(2)29(36)32-22-11-9-19(15-18(22)3)34-28(27(33-30(34)41)23-7-5-6-14-31-23)25-13-12-24(40-25)21-10-8-20(35(37)38)16-26(21)39-4/h5-17,27-28H,1-4H3,(H,32,36)(H,33,41)/t27-,28+/m1/s1. The van der Waals surface area contributed by atoms with Crippen LogP contribution >= 0.6 is 12.2 Å². The van der Waals surface area contributed by atoms with Gasteiger partial charge in [0.25, 0.3) is 5.69 Å². The van der Waals surface area contributed by atoms with Crippen LogP contribution in [-0.2, 0) is 4.79 Å². The molecule has 0 unspecified atom stereocenters. The molecule has 1 aliphatic heterocycles. The van der Waals surface area contributed by atoms with E-state index in [1.54, 1.807) is 12.3 Å². The largest absolute Gasteiger partial charge is 0.496 e. The number of carbonyl (C=O) groups excluding carboxylic acids is 1. The van der Waals surface area contributed by atoms with Gasteiger partial charge < -0.3 is 24.7 Å². The minimum absolute atomic E-state index is 0.0583. The summed E-state index contributed by atoms with van der Waals surface area (Å²) in [7, 11) is 1.46. The van der Waals surface area contributed by atoms with Crippen LogP contribution < -0.4 is 20.3 Å². The van der Waals surface area contributed by atoms with E-state index in [0.29, 0.717) is 27.9 Å². The molecule has 41 heavy (non-hydrogen) atoms. The molecule has 2 N–H and O–H groups in total. The number of nitrogens with one attached hydrogen (secondary N) is 2. The van der Waals surface area contributed by atoms with Crippen molar-refractivity contribution in [3.05, 3.63) is 100 Å². The molecule has 3 heterocycles. The fraction of sp³-hybridized carbons (Fsp3) is 0.233. The van der Waals surface area contributed by atoms with E-state index in [1.165, 1.54) is 19.2 Å². The molecular weight excluding hydrogens is 542 g/mol. The molecule has 0 saturated carbocycles. The maximum atomic E-state index is 12.3. The second-order valence-corrected chi connectivity index (χ2v) is 10.4. The lowest BCUT2D eigenvalue weighted by Gasteiger charge is -2.27. The third kappa shape index (κ3) is 5.48. The summed E-state index contributed by atoms with van der Waals surface area (Å²) in [5, 5.41) is 18.1. The number of aromatic nitrogens is 1. The molecule has 1 fully saturated rings. The SMILES string of the molecule is COc1cc([N+](=O)[O-])ccc1-c1ccc([C@H]2[C@@H](c3ccccn3)NC(=S)N2c2ccc(NC(=O)C(C)C)c(C)c2)o1. The first kappa shape index (κ1) is 27.8. The molecule has 0 bridgehead atoms. The summed E-state index contributed by atoms with van der Waals surface area (Å²) in [6, 6.07) is 18.8. The molecule has 4 aromatic rings. The lowest BCUT2D eigenvalue weighted by Crippen LogP contribution is -2.29. The molecule has 1 amide bonds. The van der Waals surface area contributed by atoms with Gasteiger partial charge >= 0.3 is 0 Å². The van der Waals surface area contributed by atoms with Gasteiger partial charge in [-0.1, -0.05) is 19.9 Å². The molecule has 2 aromatic carbocycles. The van der Waals surface area contributed by atoms with Gasteiger partial charge in [0.15, 0.2) is 5.11 Å². The Hall–Kier alpha value is -4.77. The third-order valence-electron chi connectivity index (χ3n) is 6.95. The van der Waals surface area contributed by atoms with E-state index in [9.17, 15) is 14.9 Å². The molecular formula is C30H29N5O5S. The number of methoxy groups -OCH3 is 1. The number of thiocarbonyl (C=S) groups is 1. The summed E-state index contributed by atoms with van der Waals surface area (Å²) >= 11 is 5.83. The number of nitro groups is 1. The predicted molar refractivity (Wildman–Crippen MR) is 160 cm³/mol. The summed E-state index contributed by atoms with van der Waals surface area (Å²) in [5.41, 5.74) is 3.72. The number of benzene rings is 2. The van der Waals surface area contributed by atoms with E-state index in [-0.39, 0.29) is 23.6 Å².